The van der Waals surface area contributed by atoms with Crippen LogP contribution in [-0.4, -0.2) is 28.5 Å². The van der Waals surface area contributed by atoms with Gasteiger partial charge < -0.3 is 5.73 Å². The molecule has 0 bridgehead atoms. The Bertz CT molecular complexity index is 502. The highest BCUT2D eigenvalue weighted by atomic mass is 32.2. The van der Waals surface area contributed by atoms with Crippen LogP contribution in [0.4, 0.5) is 5.69 Å². The van der Waals surface area contributed by atoms with Crippen LogP contribution in [0, 0.1) is 6.92 Å². The van der Waals surface area contributed by atoms with Crippen LogP contribution in [0.5, 0.6) is 0 Å². The highest BCUT2D eigenvalue weighted by Crippen LogP contribution is 2.34. The van der Waals surface area contributed by atoms with Crippen LogP contribution in [0.2, 0.25) is 0 Å². The number of benzene rings is 1. The molecule has 0 saturated carbocycles. The van der Waals surface area contributed by atoms with E-state index >= 15 is 0 Å². The summed E-state index contributed by atoms with van der Waals surface area (Å²) in [7, 11) is 0. The smallest absolute Gasteiger partial charge is 0.243 e. The number of imide groups is 1. The maximum atomic E-state index is 12.0. The zero-order valence-electron chi connectivity index (χ0n) is 10.5. The molecule has 2 rings (SSSR count). The van der Waals surface area contributed by atoms with Gasteiger partial charge in [-0.3, -0.25) is 14.5 Å². The summed E-state index contributed by atoms with van der Waals surface area (Å²) in [6, 6.07) is 5.74. The minimum Gasteiger partial charge on any atom is -0.398 e. The Balaban J connectivity index is 2.15. The van der Waals surface area contributed by atoms with Crippen molar-refractivity contribution in [1.29, 1.82) is 0 Å². The maximum absolute atomic E-state index is 12.0. The molecule has 0 aliphatic carbocycles. The van der Waals surface area contributed by atoms with Crippen molar-refractivity contribution in [2.75, 3.05) is 12.3 Å². The summed E-state index contributed by atoms with van der Waals surface area (Å²) in [5, 5.41) is -0.331. The molecule has 2 amide bonds. The van der Waals surface area contributed by atoms with Gasteiger partial charge in [0.1, 0.15) is 0 Å². The third-order valence-corrected chi connectivity index (χ3v) is 4.23. The van der Waals surface area contributed by atoms with E-state index in [2.05, 4.69) is 0 Å². The molecule has 96 valence electrons. The van der Waals surface area contributed by atoms with Gasteiger partial charge in [0.05, 0.1) is 5.25 Å². The van der Waals surface area contributed by atoms with Crippen molar-refractivity contribution in [3.63, 3.8) is 0 Å². The van der Waals surface area contributed by atoms with Crippen molar-refractivity contribution < 1.29 is 9.59 Å². The van der Waals surface area contributed by atoms with Gasteiger partial charge >= 0.3 is 0 Å². The van der Waals surface area contributed by atoms with Gasteiger partial charge in [-0.1, -0.05) is 6.07 Å². The molecule has 4 nitrogen and oxygen atoms in total. The molecular weight excluding hydrogens is 248 g/mol. The molecule has 1 aliphatic heterocycles. The zero-order valence-corrected chi connectivity index (χ0v) is 11.3. The highest BCUT2D eigenvalue weighted by Gasteiger charge is 2.38. The van der Waals surface area contributed by atoms with Crippen molar-refractivity contribution >= 4 is 29.3 Å². The van der Waals surface area contributed by atoms with E-state index < -0.39 is 0 Å². The Hall–Kier alpha value is -1.49. The molecule has 5 heteroatoms. The molecule has 1 unspecified atom stereocenters. The fourth-order valence-corrected chi connectivity index (χ4v) is 3.11. The molecule has 0 spiro atoms. The van der Waals surface area contributed by atoms with Crippen LogP contribution in [-0.2, 0) is 9.59 Å². The molecule has 0 aromatic heterocycles. The molecule has 1 heterocycles. The summed E-state index contributed by atoms with van der Waals surface area (Å²) in [4.78, 5) is 25.8. The predicted molar refractivity (Wildman–Crippen MR) is 72.2 cm³/mol. The largest absolute Gasteiger partial charge is 0.398 e. The van der Waals surface area contributed by atoms with Crippen LogP contribution < -0.4 is 5.73 Å². The minimum absolute atomic E-state index is 0.0920. The van der Waals surface area contributed by atoms with Crippen molar-refractivity contribution in [3.05, 3.63) is 23.8 Å². The number of nitrogens with zero attached hydrogens (tertiary/aromatic N) is 1. The lowest BCUT2D eigenvalue weighted by Gasteiger charge is -2.12. The van der Waals surface area contributed by atoms with E-state index in [1.807, 2.05) is 32.0 Å². The third kappa shape index (κ3) is 2.36. The lowest BCUT2D eigenvalue weighted by atomic mass is 10.2. The fourth-order valence-electron chi connectivity index (χ4n) is 2.01. The monoisotopic (exact) mass is 264 g/mol. The number of aryl methyl sites for hydroxylation is 1. The van der Waals surface area contributed by atoms with Crippen molar-refractivity contribution in [1.82, 2.24) is 4.90 Å². The van der Waals surface area contributed by atoms with Crippen LogP contribution in [0.1, 0.15) is 18.9 Å². The second kappa shape index (κ2) is 5.02. The first-order valence-corrected chi connectivity index (χ1v) is 6.78. The number of carbonyl (C=O) groups is 2. The molecule has 1 aromatic rings. The third-order valence-electron chi connectivity index (χ3n) is 2.95. The SMILES string of the molecule is CCN1C(=O)CC(Sc2ccc(C)cc2N)C1=O. The normalized spacial score (nSPS) is 19.7. The zero-order chi connectivity index (χ0) is 13.3. The summed E-state index contributed by atoms with van der Waals surface area (Å²) < 4.78 is 0. The Morgan fingerprint density at radius 3 is 2.72 bits per heavy atom. The standard InChI is InChI=1S/C13H16N2O2S/c1-3-15-12(16)7-11(13(15)17)18-10-5-4-8(2)6-9(10)14/h4-6,11H,3,7,14H2,1-2H3. The molecule has 2 N–H and O–H groups in total. The molecule has 1 aliphatic rings. The van der Waals surface area contributed by atoms with E-state index in [1.54, 1.807) is 0 Å². The second-order valence-electron chi connectivity index (χ2n) is 4.33. The number of anilines is 1. The predicted octanol–water partition coefficient (Wildman–Crippen LogP) is 1.82. The summed E-state index contributed by atoms with van der Waals surface area (Å²) >= 11 is 1.38. The van der Waals surface area contributed by atoms with E-state index in [9.17, 15) is 9.59 Å². The Kier molecular flexibility index (Phi) is 3.61. The highest BCUT2D eigenvalue weighted by molar-refractivity contribution is 8.00. The number of hydrogen-bond acceptors (Lipinski definition) is 4. The summed E-state index contributed by atoms with van der Waals surface area (Å²) in [6.07, 6.45) is 0.269. The molecule has 0 radical (unpaired) electrons. The lowest BCUT2D eigenvalue weighted by Crippen LogP contribution is -2.30. The van der Waals surface area contributed by atoms with Gasteiger partial charge in [0.25, 0.3) is 0 Å². The quantitative estimate of drug-likeness (QED) is 0.668. The lowest BCUT2D eigenvalue weighted by molar-refractivity contribution is -0.137. The van der Waals surface area contributed by atoms with Gasteiger partial charge in [-0.25, -0.2) is 0 Å². The Labute approximate surface area is 111 Å². The first kappa shape index (κ1) is 13.0. The van der Waals surface area contributed by atoms with Crippen molar-refractivity contribution in [2.24, 2.45) is 0 Å². The number of amides is 2. The molecule has 1 aromatic carbocycles. The number of thioether (sulfide) groups is 1. The molecule has 1 saturated heterocycles. The van der Waals surface area contributed by atoms with E-state index in [-0.39, 0.29) is 23.5 Å². The average Bonchev–Trinajstić information content (AvgIpc) is 2.58. The van der Waals surface area contributed by atoms with E-state index in [0.717, 1.165) is 10.5 Å². The number of carbonyl (C=O) groups excluding carboxylic acids is 2. The Morgan fingerprint density at radius 1 is 1.44 bits per heavy atom. The molecule has 1 atom stereocenters. The summed E-state index contributed by atoms with van der Waals surface area (Å²) in [5.41, 5.74) is 7.66. The number of nitrogens with two attached hydrogens (primary N) is 1. The van der Waals surface area contributed by atoms with Gasteiger partial charge in [0.2, 0.25) is 11.8 Å². The van der Waals surface area contributed by atoms with Crippen LogP contribution in [0.25, 0.3) is 0 Å². The van der Waals surface area contributed by atoms with Gasteiger partial charge in [-0.15, -0.1) is 11.8 Å². The topological polar surface area (TPSA) is 63.4 Å². The fraction of sp³-hybridized carbons (Fsp3) is 0.385. The molecule has 18 heavy (non-hydrogen) atoms. The maximum Gasteiger partial charge on any atom is 0.243 e. The van der Waals surface area contributed by atoms with Gasteiger partial charge in [-0.2, -0.15) is 0 Å². The average molecular weight is 264 g/mol. The Morgan fingerprint density at radius 2 is 2.17 bits per heavy atom. The van der Waals surface area contributed by atoms with Crippen LogP contribution in [0.15, 0.2) is 23.1 Å². The van der Waals surface area contributed by atoms with Crippen molar-refractivity contribution in [3.8, 4) is 0 Å². The first-order chi connectivity index (χ1) is 8.52. The van der Waals surface area contributed by atoms with E-state index in [1.165, 1.54) is 16.7 Å². The van der Waals surface area contributed by atoms with Gasteiger partial charge in [0, 0.05) is 23.5 Å². The number of rotatable bonds is 3. The summed E-state index contributed by atoms with van der Waals surface area (Å²) in [5.74, 6) is -0.196. The van der Waals surface area contributed by atoms with E-state index in [0.29, 0.717) is 12.2 Å². The van der Waals surface area contributed by atoms with Gasteiger partial charge in [0.15, 0.2) is 0 Å². The number of likely N-dealkylation sites (tertiary alicyclic amines) is 1. The minimum atomic E-state index is -0.331. The first-order valence-electron chi connectivity index (χ1n) is 5.90. The molecule has 1 fully saturated rings. The number of nitrogen functional groups attached to an aromatic ring is 1. The van der Waals surface area contributed by atoms with Crippen LogP contribution in [0.3, 0.4) is 0 Å². The molecular formula is C13H16N2O2S. The summed E-state index contributed by atoms with van der Waals surface area (Å²) in [6.45, 7) is 4.22. The van der Waals surface area contributed by atoms with Crippen LogP contribution >= 0.6 is 11.8 Å². The number of hydrogen-bond donors (Lipinski definition) is 1. The van der Waals surface area contributed by atoms with Crippen molar-refractivity contribution in [2.45, 2.75) is 30.4 Å². The van der Waals surface area contributed by atoms with Gasteiger partial charge in [-0.05, 0) is 31.5 Å². The van der Waals surface area contributed by atoms with E-state index in [4.69, 9.17) is 5.73 Å². The second-order valence-corrected chi connectivity index (χ2v) is 5.57.